The molecule has 1 N–H and O–H groups in total. The molecule has 4 rings (SSSR count). The fraction of sp³-hybridized carbons (Fsp3) is 0. The van der Waals surface area contributed by atoms with Crippen LogP contribution in [0.25, 0.3) is 22.5 Å². The third kappa shape index (κ3) is 2.67. The summed E-state index contributed by atoms with van der Waals surface area (Å²) in [4.78, 5) is 15.4. The average Bonchev–Trinajstić information content (AvgIpc) is 3.34. The van der Waals surface area contributed by atoms with E-state index in [1.165, 1.54) is 10.9 Å². The van der Waals surface area contributed by atoms with Crippen molar-refractivity contribution in [2.45, 2.75) is 0 Å². The number of benzene rings is 2. The fourth-order valence-electron chi connectivity index (χ4n) is 2.70. The summed E-state index contributed by atoms with van der Waals surface area (Å²) in [6, 6.07) is 15.6. The third-order valence-corrected chi connectivity index (χ3v) is 3.86. The Morgan fingerprint density at radius 3 is 2.64 bits per heavy atom. The van der Waals surface area contributed by atoms with Crippen LogP contribution in [0.15, 0.2) is 73.4 Å². The highest BCUT2D eigenvalue weighted by Gasteiger charge is 2.15. The molecule has 0 bridgehead atoms. The first-order valence-corrected chi connectivity index (χ1v) is 7.56. The molecule has 2 aromatic heterocycles. The Morgan fingerprint density at radius 1 is 1.08 bits per heavy atom. The van der Waals surface area contributed by atoms with E-state index in [9.17, 15) is 9.90 Å². The molecule has 0 fully saturated rings. The van der Waals surface area contributed by atoms with E-state index in [0.717, 1.165) is 16.8 Å². The molecule has 0 saturated carbocycles. The third-order valence-electron chi connectivity index (χ3n) is 3.86. The Morgan fingerprint density at radius 2 is 1.92 bits per heavy atom. The molecule has 7 heteroatoms. The highest BCUT2D eigenvalue weighted by atomic mass is 16.4. The van der Waals surface area contributed by atoms with Gasteiger partial charge in [-0.15, -0.1) is 5.10 Å². The summed E-state index contributed by atoms with van der Waals surface area (Å²) >= 11 is 0. The van der Waals surface area contributed by atoms with Crippen LogP contribution in [0.4, 0.5) is 0 Å². The lowest BCUT2D eigenvalue weighted by Crippen LogP contribution is -2.08. The minimum Gasteiger partial charge on any atom is -0.476 e. The number of carboxylic acids is 1. The van der Waals surface area contributed by atoms with Crippen molar-refractivity contribution < 1.29 is 9.90 Å². The van der Waals surface area contributed by atoms with Crippen LogP contribution in [0.3, 0.4) is 0 Å². The molecule has 2 heterocycles. The Hall–Kier alpha value is -3.74. The number of hydrogen-bond donors (Lipinski definition) is 1. The Labute approximate surface area is 142 Å². The largest absolute Gasteiger partial charge is 0.476 e. The summed E-state index contributed by atoms with van der Waals surface area (Å²) in [5.74, 6) is -1.08. The molecular formula is C18H13N5O2. The number of carbonyl (C=O) groups is 1. The molecule has 0 spiro atoms. The van der Waals surface area contributed by atoms with Crippen molar-refractivity contribution in [2.24, 2.45) is 0 Å². The van der Waals surface area contributed by atoms with Crippen LogP contribution >= 0.6 is 0 Å². The molecule has 7 nitrogen and oxygen atoms in total. The highest BCUT2D eigenvalue weighted by molar-refractivity contribution is 5.86. The highest BCUT2D eigenvalue weighted by Crippen LogP contribution is 2.29. The van der Waals surface area contributed by atoms with Gasteiger partial charge in [-0.3, -0.25) is 0 Å². The average molecular weight is 331 g/mol. The molecule has 122 valence electrons. The summed E-state index contributed by atoms with van der Waals surface area (Å²) in [5, 5.41) is 16.9. The standard InChI is InChI=1S/C18H13N5O2/c24-18(25)17-11-20-21-23(17)14-6-7-15(13-4-2-1-3-5-13)16(10-14)22-9-8-19-12-22/h1-12H,(H,24,25). The van der Waals surface area contributed by atoms with Crippen molar-refractivity contribution >= 4 is 5.97 Å². The van der Waals surface area contributed by atoms with Crippen LogP contribution in [0.2, 0.25) is 0 Å². The van der Waals surface area contributed by atoms with E-state index in [4.69, 9.17) is 0 Å². The maximum Gasteiger partial charge on any atom is 0.356 e. The number of hydrogen-bond acceptors (Lipinski definition) is 4. The quantitative estimate of drug-likeness (QED) is 0.621. The van der Waals surface area contributed by atoms with Crippen molar-refractivity contribution in [3.05, 3.63) is 79.1 Å². The summed E-state index contributed by atoms with van der Waals surface area (Å²) in [6.45, 7) is 0. The van der Waals surface area contributed by atoms with Crippen molar-refractivity contribution in [1.29, 1.82) is 0 Å². The minimum atomic E-state index is -1.08. The molecule has 0 amide bonds. The summed E-state index contributed by atoms with van der Waals surface area (Å²) in [7, 11) is 0. The van der Waals surface area contributed by atoms with Gasteiger partial charge in [0.05, 0.1) is 23.9 Å². The van der Waals surface area contributed by atoms with Crippen LogP contribution in [0.5, 0.6) is 0 Å². The van der Waals surface area contributed by atoms with Gasteiger partial charge >= 0.3 is 5.97 Å². The van der Waals surface area contributed by atoms with Crippen molar-refractivity contribution in [1.82, 2.24) is 24.5 Å². The summed E-state index contributed by atoms with van der Waals surface area (Å²) in [5.41, 5.74) is 3.53. The van der Waals surface area contributed by atoms with E-state index >= 15 is 0 Å². The van der Waals surface area contributed by atoms with E-state index in [1.807, 2.05) is 59.3 Å². The SMILES string of the molecule is O=C(O)c1cnnn1-c1ccc(-c2ccccc2)c(-n2ccnc2)c1. The second-order valence-electron chi connectivity index (χ2n) is 5.37. The molecule has 4 aromatic rings. The molecule has 0 aliphatic heterocycles. The van der Waals surface area contributed by atoms with Crippen LogP contribution in [0, 0.1) is 0 Å². The van der Waals surface area contributed by atoms with Gasteiger partial charge in [-0.1, -0.05) is 41.6 Å². The van der Waals surface area contributed by atoms with Gasteiger partial charge in [-0.05, 0) is 17.7 Å². The molecule has 2 aromatic carbocycles. The smallest absolute Gasteiger partial charge is 0.356 e. The molecule has 0 saturated heterocycles. The predicted octanol–water partition coefficient (Wildman–Crippen LogP) is 2.82. The lowest BCUT2D eigenvalue weighted by atomic mass is 10.0. The van der Waals surface area contributed by atoms with Gasteiger partial charge in [0, 0.05) is 18.0 Å². The second kappa shape index (κ2) is 6.04. The second-order valence-corrected chi connectivity index (χ2v) is 5.37. The van der Waals surface area contributed by atoms with Crippen molar-refractivity contribution in [3.63, 3.8) is 0 Å². The fourth-order valence-corrected chi connectivity index (χ4v) is 2.70. The van der Waals surface area contributed by atoms with Crippen LogP contribution in [0.1, 0.15) is 10.5 Å². The molecular weight excluding hydrogens is 318 g/mol. The summed E-state index contributed by atoms with van der Waals surface area (Å²) < 4.78 is 3.18. The van der Waals surface area contributed by atoms with E-state index in [-0.39, 0.29) is 5.69 Å². The first-order valence-electron chi connectivity index (χ1n) is 7.56. The maximum absolute atomic E-state index is 11.3. The van der Waals surface area contributed by atoms with Gasteiger partial charge in [0.2, 0.25) is 0 Å². The topological polar surface area (TPSA) is 85.8 Å². The zero-order valence-electron chi connectivity index (χ0n) is 13.0. The zero-order valence-corrected chi connectivity index (χ0v) is 13.0. The number of aromatic nitrogens is 5. The van der Waals surface area contributed by atoms with E-state index in [0.29, 0.717) is 5.69 Å². The Balaban J connectivity index is 1.92. The van der Waals surface area contributed by atoms with Gasteiger partial charge in [-0.25, -0.2) is 14.5 Å². The van der Waals surface area contributed by atoms with Gasteiger partial charge in [-0.2, -0.15) is 0 Å². The number of imidazole rings is 1. The Kier molecular flexibility index (Phi) is 3.59. The first-order chi connectivity index (χ1) is 12.2. The molecule has 25 heavy (non-hydrogen) atoms. The van der Waals surface area contributed by atoms with Crippen LogP contribution < -0.4 is 0 Å². The van der Waals surface area contributed by atoms with Crippen LogP contribution in [-0.2, 0) is 0 Å². The minimum absolute atomic E-state index is 0.00374. The lowest BCUT2D eigenvalue weighted by Gasteiger charge is -2.13. The Bertz CT molecular complexity index is 1020. The normalized spacial score (nSPS) is 10.7. The molecule has 0 unspecified atom stereocenters. The zero-order chi connectivity index (χ0) is 17.2. The van der Waals surface area contributed by atoms with Gasteiger partial charge < -0.3 is 9.67 Å². The van der Waals surface area contributed by atoms with E-state index in [2.05, 4.69) is 15.3 Å². The number of aromatic carboxylic acids is 1. The molecule has 0 radical (unpaired) electrons. The summed E-state index contributed by atoms with van der Waals surface area (Å²) in [6.07, 6.45) is 6.46. The molecule has 0 aliphatic carbocycles. The predicted molar refractivity (Wildman–Crippen MR) is 90.9 cm³/mol. The van der Waals surface area contributed by atoms with Crippen molar-refractivity contribution in [2.75, 3.05) is 0 Å². The lowest BCUT2D eigenvalue weighted by molar-refractivity contribution is 0.0687. The number of rotatable bonds is 4. The number of nitrogens with zero attached hydrogens (tertiary/aromatic N) is 5. The molecule has 0 atom stereocenters. The number of carboxylic acid groups (broad SMARTS) is 1. The first kappa shape index (κ1) is 14.8. The molecule has 0 aliphatic rings. The van der Waals surface area contributed by atoms with E-state index in [1.54, 1.807) is 12.5 Å². The van der Waals surface area contributed by atoms with Crippen molar-refractivity contribution in [3.8, 4) is 22.5 Å². The maximum atomic E-state index is 11.3. The van der Waals surface area contributed by atoms with Crippen LogP contribution in [-0.4, -0.2) is 35.6 Å². The monoisotopic (exact) mass is 331 g/mol. The van der Waals surface area contributed by atoms with Gasteiger partial charge in [0.15, 0.2) is 5.69 Å². The van der Waals surface area contributed by atoms with Gasteiger partial charge in [0.1, 0.15) is 0 Å². The van der Waals surface area contributed by atoms with Gasteiger partial charge in [0.25, 0.3) is 0 Å². The van der Waals surface area contributed by atoms with E-state index < -0.39 is 5.97 Å².